The van der Waals surface area contributed by atoms with Crippen LogP contribution in [0.5, 0.6) is 0 Å². The third-order valence-corrected chi connectivity index (χ3v) is 2.45. The third-order valence-electron chi connectivity index (χ3n) is 1.38. The summed E-state index contributed by atoms with van der Waals surface area (Å²) in [7, 11) is 0. The molecule has 2 heterocycles. The number of fused-ring (bicyclic) bond motifs is 1. The van der Waals surface area contributed by atoms with E-state index in [9.17, 15) is 4.79 Å². The van der Waals surface area contributed by atoms with Crippen molar-refractivity contribution in [3.05, 3.63) is 11.0 Å². The second kappa shape index (κ2) is 1.70. The molecule has 0 aromatic rings. The molecule has 0 atom stereocenters. The van der Waals surface area contributed by atoms with Gasteiger partial charge in [-0.05, 0) is 0 Å². The molecule has 0 unspecified atom stereocenters. The van der Waals surface area contributed by atoms with Crippen LogP contribution in [0.1, 0.15) is 6.42 Å². The van der Waals surface area contributed by atoms with Crippen LogP contribution in [0.25, 0.3) is 0 Å². The van der Waals surface area contributed by atoms with Crippen LogP contribution in [-0.4, -0.2) is 17.4 Å². The number of allylic oxidation sites excluding steroid dienone is 1. The summed E-state index contributed by atoms with van der Waals surface area (Å²) < 4.78 is 0. The average molecular weight is 139 g/mol. The molecule has 0 N–H and O–H groups in total. The van der Waals surface area contributed by atoms with Crippen LogP contribution in [0.3, 0.4) is 0 Å². The first kappa shape index (κ1) is 5.23. The molecule has 0 bridgehead atoms. The topological polar surface area (TPSA) is 29.4 Å². The molecule has 0 spiro atoms. The van der Waals surface area contributed by atoms with E-state index in [2.05, 4.69) is 4.99 Å². The van der Waals surface area contributed by atoms with E-state index >= 15 is 0 Å². The van der Waals surface area contributed by atoms with Gasteiger partial charge in [0, 0.05) is 23.2 Å². The minimum absolute atomic E-state index is 0.0767. The van der Waals surface area contributed by atoms with Crippen molar-refractivity contribution in [2.45, 2.75) is 6.42 Å². The lowest BCUT2D eigenvalue weighted by molar-refractivity contribution is -0.113. The van der Waals surface area contributed by atoms with E-state index in [4.69, 9.17) is 0 Å². The van der Waals surface area contributed by atoms with Gasteiger partial charge in [0.15, 0.2) is 0 Å². The molecule has 0 aromatic heterocycles. The molecule has 1 fully saturated rings. The molecule has 1 saturated heterocycles. The Balaban J connectivity index is 2.44. The maximum Gasteiger partial charge on any atom is 0.271 e. The summed E-state index contributed by atoms with van der Waals surface area (Å²) in [5, 5.41) is 0. The molecular formula is C6H5NOS. The van der Waals surface area contributed by atoms with E-state index in [1.54, 1.807) is 17.8 Å². The van der Waals surface area contributed by atoms with Gasteiger partial charge in [-0.3, -0.25) is 4.79 Å². The van der Waals surface area contributed by atoms with Gasteiger partial charge >= 0.3 is 0 Å². The lowest BCUT2D eigenvalue weighted by Gasteiger charge is -1.82. The minimum atomic E-state index is -0.0767. The zero-order valence-corrected chi connectivity index (χ0v) is 5.57. The Morgan fingerprint density at radius 1 is 1.67 bits per heavy atom. The maximum absolute atomic E-state index is 10.6. The van der Waals surface area contributed by atoms with Crippen molar-refractivity contribution in [1.82, 2.24) is 0 Å². The Kier molecular flexibility index (Phi) is 0.990. The molecule has 0 saturated carbocycles. The highest BCUT2D eigenvalue weighted by atomic mass is 32.2. The summed E-state index contributed by atoms with van der Waals surface area (Å²) in [6.07, 6.45) is 2.59. The first-order chi connectivity index (χ1) is 4.36. The van der Waals surface area contributed by atoms with Crippen molar-refractivity contribution in [3.8, 4) is 0 Å². The third kappa shape index (κ3) is 0.721. The van der Waals surface area contributed by atoms with Gasteiger partial charge in [0.2, 0.25) is 0 Å². The molecule has 0 radical (unpaired) electrons. The monoisotopic (exact) mass is 139 g/mol. The number of carbonyl (C=O) groups is 1. The quantitative estimate of drug-likeness (QED) is 0.501. The van der Waals surface area contributed by atoms with Gasteiger partial charge < -0.3 is 0 Å². The Hall–Kier alpha value is -0.570. The number of nitrogens with zero attached hydrogens (tertiary/aromatic N) is 1. The number of hydrogen-bond donors (Lipinski definition) is 0. The average Bonchev–Trinajstić information content (AvgIpc) is 2.22. The number of hydrogen-bond acceptors (Lipinski definition) is 2. The Bertz CT molecular complexity index is 207. The van der Waals surface area contributed by atoms with Crippen LogP contribution >= 0.6 is 11.8 Å². The lowest BCUT2D eigenvalue weighted by Crippen LogP contribution is -1.87. The van der Waals surface area contributed by atoms with Gasteiger partial charge in [-0.2, -0.15) is 0 Å². The van der Waals surface area contributed by atoms with E-state index in [0.29, 0.717) is 0 Å². The molecule has 0 aliphatic carbocycles. The highest BCUT2D eigenvalue weighted by Gasteiger charge is 2.22. The van der Waals surface area contributed by atoms with Crippen molar-refractivity contribution in [3.63, 3.8) is 0 Å². The maximum atomic E-state index is 10.6. The smallest absolute Gasteiger partial charge is 0.267 e. The minimum Gasteiger partial charge on any atom is -0.267 e. The highest BCUT2D eigenvalue weighted by molar-refractivity contribution is 8.04. The zero-order valence-electron chi connectivity index (χ0n) is 4.76. The highest BCUT2D eigenvalue weighted by Crippen LogP contribution is 2.31. The molecule has 3 heteroatoms. The number of carbonyl (C=O) groups excluding carboxylic acids is 1. The Labute approximate surface area is 57.0 Å². The molecule has 9 heavy (non-hydrogen) atoms. The van der Waals surface area contributed by atoms with Crippen molar-refractivity contribution >= 4 is 23.4 Å². The Morgan fingerprint density at radius 2 is 2.56 bits per heavy atom. The number of thioether (sulfide) groups is 1. The first-order valence-electron chi connectivity index (χ1n) is 2.83. The van der Waals surface area contributed by atoms with Crippen LogP contribution < -0.4 is 0 Å². The van der Waals surface area contributed by atoms with Crippen molar-refractivity contribution in [2.75, 3.05) is 5.75 Å². The van der Waals surface area contributed by atoms with Crippen molar-refractivity contribution in [2.24, 2.45) is 4.99 Å². The van der Waals surface area contributed by atoms with E-state index in [1.165, 1.54) is 0 Å². The molecule has 46 valence electrons. The fourth-order valence-corrected chi connectivity index (χ4v) is 1.99. The SMILES string of the molecule is O=C1C=C2SCCC2=N1. The second-order valence-electron chi connectivity index (χ2n) is 2.00. The standard InChI is InChI=1S/C6H5NOS/c8-6-3-5-4(7-6)1-2-9-5/h3H,1-2H2. The van der Waals surface area contributed by atoms with Crippen LogP contribution in [-0.2, 0) is 4.79 Å². The van der Waals surface area contributed by atoms with E-state index in [1.807, 2.05) is 0 Å². The largest absolute Gasteiger partial charge is 0.271 e. The molecule has 2 aliphatic rings. The van der Waals surface area contributed by atoms with Crippen molar-refractivity contribution < 1.29 is 4.79 Å². The molecule has 2 rings (SSSR count). The van der Waals surface area contributed by atoms with Crippen LogP contribution in [0.2, 0.25) is 0 Å². The van der Waals surface area contributed by atoms with Crippen LogP contribution in [0.4, 0.5) is 0 Å². The normalized spacial score (nSPS) is 23.8. The van der Waals surface area contributed by atoms with Gasteiger partial charge in [-0.15, -0.1) is 11.8 Å². The summed E-state index contributed by atoms with van der Waals surface area (Å²) in [4.78, 5) is 15.5. The first-order valence-corrected chi connectivity index (χ1v) is 3.81. The van der Waals surface area contributed by atoms with Crippen LogP contribution in [0.15, 0.2) is 16.0 Å². The number of aliphatic imine (C=N–C) groups is 1. The van der Waals surface area contributed by atoms with Gasteiger partial charge in [0.1, 0.15) is 0 Å². The number of amides is 1. The van der Waals surface area contributed by atoms with Gasteiger partial charge in [-0.25, -0.2) is 4.99 Å². The van der Waals surface area contributed by atoms with E-state index in [-0.39, 0.29) is 5.91 Å². The summed E-state index contributed by atoms with van der Waals surface area (Å²) >= 11 is 1.73. The second-order valence-corrected chi connectivity index (χ2v) is 3.14. The molecular weight excluding hydrogens is 134 g/mol. The summed E-state index contributed by atoms with van der Waals surface area (Å²) in [6, 6.07) is 0. The van der Waals surface area contributed by atoms with E-state index < -0.39 is 0 Å². The van der Waals surface area contributed by atoms with Gasteiger partial charge in [-0.1, -0.05) is 0 Å². The fourth-order valence-electron chi connectivity index (χ4n) is 0.978. The lowest BCUT2D eigenvalue weighted by atomic mass is 10.3. The molecule has 0 aromatic carbocycles. The van der Waals surface area contributed by atoms with Gasteiger partial charge in [0.25, 0.3) is 5.91 Å². The fraction of sp³-hybridized carbons (Fsp3) is 0.333. The molecule has 1 amide bonds. The number of rotatable bonds is 0. The summed E-state index contributed by atoms with van der Waals surface area (Å²) in [5.74, 6) is 1.02. The molecule has 2 aliphatic heterocycles. The predicted molar refractivity (Wildman–Crippen MR) is 37.6 cm³/mol. The zero-order chi connectivity index (χ0) is 6.27. The Morgan fingerprint density at radius 3 is 3.33 bits per heavy atom. The van der Waals surface area contributed by atoms with E-state index in [0.717, 1.165) is 22.8 Å². The summed E-state index contributed by atoms with van der Waals surface area (Å²) in [6.45, 7) is 0. The summed E-state index contributed by atoms with van der Waals surface area (Å²) in [5.41, 5.74) is 1.00. The van der Waals surface area contributed by atoms with Crippen LogP contribution in [0, 0.1) is 0 Å². The molecule has 2 nitrogen and oxygen atoms in total. The predicted octanol–water partition coefficient (Wildman–Crippen LogP) is 0.988. The van der Waals surface area contributed by atoms with Gasteiger partial charge in [0.05, 0.1) is 5.71 Å². The van der Waals surface area contributed by atoms with Crippen molar-refractivity contribution in [1.29, 1.82) is 0 Å².